The molecule has 0 spiro atoms. The van der Waals surface area contributed by atoms with Crippen LogP contribution in [0.4, 0.5) is 17.2 Å². The molecule has 4 aromatic rings. The number of carbonyl (C=O) groups excluding carboxylic acids is 3. The Morgan fingerprint density at radius 1 is 0.771 bits per heavy atom. The van der Waals surface area contributed by atoms with E-state index in [0.717, 1.165) is 21.8 Å². The van der Waals surface area contributed by atoms with E-state index in [0.29, 0.717) is 22.6 Å². The lowest BCUT2D eigenvalue weighted by Gasteiger charge is -2.13. The van der Waals surface area contributed by atoms with Crippen molar-refractivity contribution in [3.8, 4) is 11.3 Å². The van der Waals surface area contributed by atoms with E-state index in [-0.39, 0.29) is 30.7 Å². The number of amides is 3. The van der Waals surface area contributed by atoms with Gasteiger partial charge in [0.2, 0.25) is 5.91 Å². The number of imide groups is 1. The Hall–Kier alpha value is -4.85. The van der Waals surface area contributed by atoms with Gasteiger partial charge in [-0.3, -0.25) is 19.3 Å². The van der Waals surface area contributed by atoms with Crippen molar-refractivity contribution in [3.63, 3.8) is 0 Å². The quantitative estimate of drug-likeness (QED) is 0.391. The second-order valence-electron chi connectivity index (χ2n) is 7.96. The van der Waals surface area contributed by atoms with Gasteiger partial charge >= 0.3 is 0 Å². The van der Waals surface area contributed by atoms with E-state index in [1.807, 2.05) is 48.5 Å². The third kappa shape index (κ3) is 4.77. The summed E-state index contributed by atoms with van der Waals surface area (Å²) in [6, 6.07) is 25.5. The number of fused-ring (bicyclic) bond motifs is 1. The normalized spacial score (nSPS) is 12.4. The maximum atomic E-state index is 12.4. The van der Waals surface area contributed by atoms with Crippen molar-refractivity contribution in [2.45, 2.75) is 6.42 Å². The van der Waals surface area contributed by atoms with Crippen molar-refractivity contribution in [3.05, 3.63) is 102 Å². The number of anilines is 3. The molecule has 0 radical (unpaired) electrons. The highest BCUT2D eigenvalue weighted by Crippen LogP contribution is 2.24. The fraction of sp³-hybridized carbons (Fsp3) is 0.0741. The van der Waals surface area contributed by atoms with E-state index in [2.05, 4.69) is 20.6 Å². The van der Waals surface area contributed by atoms with Gasteiger partial charge in [-0.05, 0) is 36.4 Å². The first kappa shape index (κ1) is 22.0. The Labute approximate surface area is 201 Å². The highest BCUT2D eigenvalue weighted by atomic mass is 16.2. The second-order valence-corrected chi connectivity index (χ2v) is 7.96. The smallest absolute Gasteiger partial charge is 0.261 e. The highest BCUT2D eigenvalue weighted by Gasteiger charge is 2.34. The largest absolute Gasteiger partial charge is 0.340 e. The number of nitrogens with zero attached hydrogens (tertiary/aromatic N) is 3. The summed E-state index contributed by atoms with van der Waals surface area (Å²) >= 11 is 0. The molecule has 0 saturated carbocycles. The molecule has 2 heterocycles. The predicted octanol–water partition coefficient (Wildman–Crippen LogP) is 4.51. The Morgan fingerprint density at radius 3 is 2.09 bits per heavy atom. The van der Waals surface area contributed by atoms with E-state index < -0.39 is 0 Å². The fourth-order valence-electron chi connectivity index (χ4n) is 3.86. The number of rotatable bonds is 7. The van der Waals surface area contributed by atoms with Crippen LogP contribution in [0.3, 0.4) is 0 Å². The first-order valence-electron chi connectivity index (χ1n) is 11.1. The molecule has 3 amide bonds. The molecule has 0 bridgehead atoms. The lowest BCUT2D eigenvalue weighted by molar-refractivity contribution is -0.116. The number of benzene rings is 3. The van der Waals surface area contributed by atoms with Gasteiger partial charge in [0.25, 0.3) is 11.8 Å². The lowest BCUT2D eigenvalue weighted by atomic mass is 10.1. The first-order valence-corrected chi connectivity index (χ1v) is 11.1. The summed E-state index contributed by atoms with van der Waals surface area (Å²) in [6.45, 7) is 0.0231. The van der Waals surface area contributed by atoms with Gasteiger partial charge in [-0.25, -0.2) is 9.97 Å². The second kappa shape index (κ2) is 9.56. The van der Waals surface area contributed by atoms with Crippen LogP contribution in [0.1, 0.15) is 27.1 Å². The number of nitrogens with one attached hydrogen (secondary N) is 2. The van der Waals surface area contributed by atoms with Crippen LogP contribution in [0, 0.1) is 0 Å². The van der Waals surface area contributed by atoms with Crippen molar-refractivity contribution in [1.29, 1.82) is 0 Å². The molecule has 35 heavy (non-hydrogen) atoms. The van der Waals surface area contributed by atoms with E-state index in [1.54, 1.807) is 36.4 Å². The summed E-state index contributed by atoms with van der Waals surface area (Å²) in [5.41, 5.74) is 3.96. The Morgan fingerprint density at radius 2 is 1.40 bits per heavy atom. The van der Waals surface area contributed by atoms with Crippen molar-refractivity contribution in [2.75, 3.05) is 17.2 Å². The summed E-state index contributed by atoms with van der Waals surface area (Å²) in [7, 11) is 0. The number of aromatic nitrogens is 2. The van der Waals surface area contributed by atoms with Gasteiger partial charge in [-0.15, -0.1) is 0 Å². The molecule has 0 atom stereocenters. The van der Waals surface area contributed by atoms with Gasteiger partial charge in [-0.2, -0.15) is 0 Å². The molecule has 172 valence electrons. The Kier molecular flexibility index (Phi) is 6.00. The molecule has 8 heteroatoms. The minimum Gasteiger partial charge on any atom is -0.340 e. The molecule has 2 N–H and O–H groups in total. The van der Waals surface area contributed by atoms with Gasteiger partial charge in [0.15, 0.2) is 0 Å². The SMILES string of the molecule is O=C(CCN1C(=O)c2ccccc2C1=O)Nc1ccc(Nc2cc(-c3ccccc3)ncn2)cc1. The minimum atomic E-state index is -0.367. The predicted molar refractivity (Wildman–Crippen MR) is 132 cm³/mol. The zero-order chi connectivity index (χ0) is 24.2. The van der Waals surface area contributed by atoms with Gasteiger partial charge in [0.05, 0.1) is 16.8 Å². The van der Waals surface area contributed by atoms with E-state index >= 15 is 0 Å². The zero-order valence-corrected chi connectivity index (χ0v) is 18.6. The molecule has 1 aliphatic heterocycles. The third-order valence-electron chi connectivity index (χ3n) is 5.62. The summed E-state index contributed by atoms with van der Waals surface area (Å²) in [6.07, 6.45) is 1.52. The molecule has 0 unspecified atom stereocenters. The van der Waals surface area contributed by atoms with Gasteiger partial charge in [0, 0.05) is 36.0 Å². The molecular weight excluding hydrogens is 442 g/mol. The van der Waals surface area contributed by atoms with Crippen molar-refractivity contribution >= 4 is 34.9 Å². The molecule has 8 nitrogen and oxygen atoms in total. The van der Waals surface area contributed by atoms with Crippen LogP contribution < -0.4 is 10.6 Å². The summed E-state index contributed by atoms with van der Waals surface area (Å²) in [5, 5.41) is 6.03. The Balaban J connectivity index is 1.16. The third-order valence-corrected chi connectivity index (χ3v) is 5.62. The minimum absolute atomic E-state index is 0.00860. The van der Waals surface area contributed by atoms with Crippen LogP contribution in [-0.2, 0) is 4.79 Å². The average molecular weight is 463 g/mol. The molecule has 0 saturated heterocycles. The van der Waals surface area contributed by atoms with Crippen molar-refractivity contribution in [2.24, 2.45) is 0 Å². The fourth-order valence-corrected chi connectivity index (χ4v) is 3.86. The monoisotopic (exact) mass is 463 g/mol. The van der Waals surface area contributed by atoms with Gasteiger partial charge in [0.1, 0.15) is 12.1 Å². The molecule has 0 fully saturated rings. The van der Waals surface area contributed by atoms with Crippen LogP contribution in [0.15, 0.2) is 91.3 Å². The maximum Gasteiger partial charge on any atom is 0.261 e. The zero-order valence-electron chi connectivity index (χ0n) is 18.6. The highest BCUT2D eigenvalue weighted by molar-refractivity contribution is 6.21. The molecular formula is C27H21N5O3. The van der Waals surface area contributed by atoms with E-state index in [9.17, 15) is 14.4 Å². The van der Waals surface area contributed by atoms with Crippen LogP contribution >= 0.6 is 0 Å². The molecule has 5 rings (SSSR count). The number of hydrogen-bond acceptors (Lipinski definition) is 6. The average Bonchev–Trinajstić information content (AvgIpc) is 3.14. The van der Waals surface area contributed by atoms with E-state index in [4.69, 9.17) is 0 Å². The first-order chi connectivity index (χ1) is 17.1. The van der Waals surface area contributed by atoms with Gasteiger partial charge in [-0.1, -0.05) is 42.5 Å². The van der Waals surface area contributed by atoms with Gasteiger partial charge < -0.3 is 10.6 Å². The van der Waals surface area contributed by atoms with Crippen molar-refractivity contribution < 1.29 is 14.4 Å². The molecule has 1 aliphatic rings. The molecule has 1 aromatic heterocycles. The van der Waals surface area contributed by atoms with Crippen LogP contribution in [0.5, 0.6) is 0 Å². The van der Waals surface area contributed by atoms with Crippen LogP contribution in [-0.4, -0.2) is 39.1 Å². The number of carbonyl (C=O) groups is 3. The van der Waals surface area contributed by atoms with E-state index in [1.165, 1.54) is 6.33 Å². The Bertz CT molecular complexity index is 1370. The molecule has 0 aliphatic carbocycles. The summed E-state index contributed by atoms with van der Waals surface area (Å²) < 4.78 is 0. The summed E-state index contributed by atoms with van der Waals surface area (Å²) in [5.74, 6) is -0.370. The van der Waals surface area contributed by atoms with Crippen LogP contribution in [0.2, 0.25) is 0 Å². The lowest BCUT2D eigenvalue weighted by Crippen LogP contribution is -2.32. The topological polar surface area (TPSA) is 104 Å². The maximum absolute atomic E-state index is 12.4. The molecule has 3 aromatic carbocycles. The van der Waals surface area contributed by atoms with Crippen LogP contribution in [0.25, 0.3) is 11.3 Å². The standard InChI is InChI=1S/C27H21N5O3/c33-25(14-15-32-26(34)21-8-4-5-9-22(21)27(32)35)31-20-12-10-19(11-13-20)30-24-16-23(28-17-29-24)18-6-2-1-3-7-18/h1-13,16-17H,14-15H2,(H,31,33)(H,28,29,30). The summed E-state index contributed by atoms with van der Waals surface area (Å²) in [4.78, 5) is 47.0. The van der Waals surface area contributed by atoms with Crippen molar-refractivity contribution in [1.82, 2.24) is 14.9 Å². The number of hydrogen-bond donors (Lipinski definition) is 2.